The maximum absolute atomic E-state index is 13.9. The van der Waals surface area contributed by atoms with Crippen LogP contribution in [0.15, 0.2) is 58.9 Å². The van der Waals surface area contributed by atoms with E-state index in [9.17, 15) is 29.6 Å². The summed E-state index contributed by atoms with van der Waals surface area (Å²) in [7, 11) is 0. The van der Waals surface area contributed by atoms with Crippen molar-refractivity contribution in [2.45, 2.75) is 72.3 Å². The number of halogens is 2. The molecule has 3 aliphatic rings. The zero-order valence-corrected chi connectivity index (χ0v) is 26.6. The molecule has 5 rings (SSSR count). The zero-order valence-electron chi connectivity index (χ0n) is 25.0. The van der Waals surface area contributed by atoms with Gasteiger partial charge in [0.15, 0.2) is 17.3 Å². The fraction of sp³-hybridized carbons (Fsp3) is 0.424. The van der Waals surface area contributed by atoms with E-state index in [4.69, 9.17) is 27.9 Å². The summed E-state index contributed by atoms with van der Waals surface area (Å²) in [6.45, 7) is 8.29. The number of allylic oxidation sites excluding steroid dienone is 4. The van der Waals surface area contributed by atoms with E-state index in [1.165, 1.54) is 12.1 Å². The van der Waals surface area contributed by atoms with Gasteiger partial charge in [0, 0.05) is 60.0 Å². The summed E-state index contributed by atoms with van der Waals surface area (Å²) < 4.78 is 5.92. The molecule has 9 nitrogen and oxygen atoms in total. The van der Waals surface area contributed by atoms with Crippen LogP contribution in [0.25, 0.3) is 0 Å². The zero-order chi connectivity index (χ0) is 32.1. The number of nitro groups is 1. The molecule has 0 aromatic heterocycles. The van der Waals surface area contributed by atoms with E-state index in [2.05, 4.69) is 0 Å². The average molecular weight is 642 g/mol. The van der Waals surface area contributed by atoms with Crippen molar-refractivity contribution < 1.29 is 29.2 Å². The third-order valence-electron chi connectivity index (χ3n) is 8.46. The summed E-state index contributed by atoms with van der Waals surface area (Å²) in [5, 5.41) is 20.9. The molecule has 0 amide bonds. The Morgan fingerprint density at radius 1 is 0.955 bits per heavy atom. The molecule has 44 heavy (non-hydrogen) atoms. The van der Waals surface area contributed by atoms with Gasteiger partial charge in [0.2, 0.25) is 0 Å². The van der Waals surface area contributed by atoms with Crippen molar-refractivity contribution in [2.24, 2.45) is 10.8 Å². The van der Waals surface area contributed by atoms with Gasteiger partial charge in [0.25, 0.3) is 5.69 Å². The van der Waals surface area contributed by atoms with Gasteiger partial charge in [-0.1, -0.05) is 50.9 Å². The van der Waals surface area contributed by atoms with Gasteiger partial charge in [-0.05, 0) is 59.1 Å². The number of ketones is 2. The molecule has 0 atom stereocenters. The minimum Gasteiger partial charge on any atom is -0.486 e. The number of hydrogen-bond donors (Lipinski definition) is 1. The molecule has 0 fully saturated rings. The largest absolute Gasteiger partial charge is 0.486 e. The molecule has 2 aromatic rings. The number of carbonyl (C=O) groups excluding carboxylic acids is 2. The number of nitrogens with zero attached hydrogens (tertiary/aromatic N) is 2. The van der Waals surface area contributed by atoms with Crippen molar-refractivity contribution in [3.8, 4) is 5.75 Å². The van der Waals surface area contributed by atoms with Gasteiger partial charge in [-0.25, -0.2) is 0 Å². The Kier molecular flexibility index (Phi) is 8.42. The lowest BCUT2D eigenvalue weighted by Crippen LogP contribution is -2.45. The molecule has 0 saturated carbocycles. The monoisotopic (exact) mass is 640 g/mol. The van der Waals surface area contributed by atoms with Crippen LogP contribution < -0.4 is 4.74 Å². The Morgan fingerprint density at radius 3 is 1.91 bits per heavy atom. The van der Waals surface area contributed by atoms with Crippen LogP contribution in [0.2, 0.25) is 10.0 Å². The van der Waals surface area contributed by atoms with Crippen LogP contribution in [0.4, 0.5) is 5.69 Å². The fourth-order valence-electron chi connectivity index (χ4n) is 6.61. The predicted molar refractivity (Wildman–Crippen MR) is 166 cm³/mol. The maximum Gasteiger partial charge on any atom is 0.305 e. The van der Waals surface area contributed by atoms with Gasteiger partial charge in [-0.2, -0.15) is 0 Å². The molecule has 2 aromatic carbocycles. The number of carboxylic acid groups (broad SMARTS) is 1. The molecule has 11 heteroatoms. The summed E-state index contributed by atoms with van der Waals surface area (Å²) >= 11 is 13.5. The first-order valence-corrected chi connectivity index (χ1v) is 15.2. The minimum atomic E-state index is -0.956. The van der Waals surface area contributed by atoms with Crippen LogP contribution >= 0.6 is 23.2 Å². The quantitative estimate of drug-likeness (QED) is 0.230. The van der Waals surface area contributed by atoms with Crippen molar-refractivity contribution >= 4 is 46.4 Å². The number of nitro benzene ring substituents is 1. The van der Waals surface area contributed by atoms with E-state index in [1.807, 2.05) is 32.6 Å². The molecule has 1 N–H and O–H groups in total. The Balaban J connectivity index is 1.59. The van der Waals surface area contributed by atoms with Crippen molar-refractivity contribution in [3.63, 3.8) is 0 Å². The molecule has 0 saturated heterocycles. The average Bonchev–Trinajstić information content (AvgIpc) is 2.89. The number of carbonyl (C=O) groups is 3. The van der Waals surface area contributed by atoms with Crippen LogP contribution in [0.5, 0.6) is 5.75 Å². The highest BCUT2D eigenvalue weighted by Crippen LogP contribution is 2.55. The van der Waals surface area contributed by atoms with Crippen molar-refractivity contribution in [3.05, 3.63) is 90.2 Å². The van der Waals surface area contributed by atoms with Crippen LogP contribution in [0, 0.1) is 20.9 Å². The topological polar surface area (TPSA) is 127 Å². The first-order chi connectivity index (χ1) is 20.6. The minimum absolute atomic E-state index is 0.0354. The summed E-state index contributed by atoms with van der Waals surface area (Å²) in [6, 6.07) is 9.28. The molecule has 2 aliphatic carbocycles. The van der Waals surface area contributed by atoms with Crippen molar-refractivity contribution in [2.75, 3.05) is 6.54 Å². The Hall–Kier alpha value is -3.69. The summed E-state index contributed by atoms with van der Waals surface area (Å²) in [4.78, 5) is 51.9. The lowest BCUT2D eigenvalue weighted by Gasteiger charge is -2.49. The molecule has 0 spiro atoms. The highest BCUT2D eigenvalue weighted by molar-refractivity contribution is 6.37. The SMILES string of the molecule is CC1(C)CC(=O)C2=C(C1)N(CCC(=O)O)C1=C(C(=O)CC(C)(C)C1)C2c1cc(Cl)c(OCc2ccc([N+](=O)[O-])cc2)c(Cl)c1. The number of hydrogen-bond acceptors (Lipinski definition) is 7. The van der Waals surface area contributed by atoms with Crippen molar-refractivity contribution in [1.82, 2.24) is 4.90 Å². The molecular formula is C33H34Cl2N2O7. The number of non-ortho nitro benzene ring substituents is 1. The molecular weight excluding hydrogens is 607 g/mol. The maximum atomic E-state index is 13.9. The van der Waals surface area contributed by atoms with E-state index in [0.717, 1.165) is 11.4 Å². The highest BCUT2D eigenvalue weighted by Gasteiger charge is 2.49. The van der Waals surface area contributed by atoms with Gasteiger partial charge in [0.05, 0.1) is 21.4 Å². The molecule has 232 valence electrons. The standard InChI is InChI=1S/C33H34Cl2N2O7/c1-32(2)13-23-29(25(38)15-32)28(30-24(36(23)10-9-27(40)41)14-33(3,4)16-26(30)39)19-11-21(34)31(22(35)12-19)44-17-18-5-7-20(8-6-18)37(42)43/h5-8,11-12,28H,9-10,13-17H2,1-4H3,(H,40,41). The van der Waals surface area contributed by atoms with Crippen LogP contribution in [0.3, 0.4) is 0 Å². The number of aliphatic carboxylic acids is 1. The second-order valence-electron chi connectivity index (χ2n) is 13.4. The van der Waals surface area contributed by atoms with Crippen LogP contribution in [-0.2, 0) is 21.0 Å². The molecule has 0 unspecified atom stereocenters. The Bertz CT molecular complexity index is 1560. The van der Waals surface area contributed by atoms with Crippen LogP contribution in [-0.4, -0.2) is 39.0 Å². The molecule has 0 radical (unpaired) electrons. The smallest absolute Gasteiger partial charge is 0.305 e. The van der Waals surface area contributed by atoms with Crippen molar-refractivity contribution in [1.29, 1.82) is 0 Å². The van der Waals surface area contributed by atoms with Gasteiger partial charge in [0.1, 0.15) is 6.61 Å². The van der Waals surface area contributed by atoms with Gasteiger partial charge < -0.3 is 14.7 Å². The first kappa shape index (κ1) is 31.7. The fourth-order valence-corrected chi connectivity index (χ4v) is 7.22. The van der Waals surface area contributed by atoms with E-state index in [0.29, 0.717) is 35.1 Å². The third kappa shape index (κ3) is 6.26. The second kappa shape index (κ2) is 11.7. The predicted octanol–water partition coefficient (Wildman–Crippen LogP) is 7.64. The number of carboxylic acids is 1. The van der Waals surface area contributed by atoms with E-state index in [1.54, 1.807) is 24.3 Å². The molecule has 1 aliphatic heterocycles. The van der Waals surface area contributed by atoms with Crippen LogP contribution in [0.1, 0.15) is 76.8 Å². The number of ether oxygens (including phenoxy) is 1. The lowest BCUT2D eigenvalue weighted by molar-refractivity contribution is -0.384. The lowest BCUT2D eigenvalue weighted by atomic mass is 9.63. The van der Waals surface area contributed by atoms with E-state index in [-0.39, 0.29) is 76.3 Å². The third-order valence-corrected chi connectivity index (χ3v) is 9.02. The van der Waals surface area contributed by atoms with E-state index >= 15 is 0 Å². The normalized spacial score (nSPS) is 19.5. The van der Waals surface area contributed by atoms with Gasteiger partial charge in [-0.3, -0.25) is 24.5 Å². The number of rotatable bonds is 8. The summed E-state index contributed by atoms with van der Waals surface area (Å²) in [5.41, 5.74) is 3.03. The van der Waals surface area contributed by atoms with Gasteiger partial charge >= 0.3 is 5.97 Å². The number of benzene rings is 2. The summed E-state index contributed by atoms with van der Waals surface area (Å²) in [6.07, 6.45) is 1.53. The Labute approximate surface area is 265 Å². The second-order valence-corrected chi connectivity index (χ2v) is 14.2. The summed E-state index contributed by atoms with van der Waals surface area (Å²) in [5.74, 6) is -1.62. The highest BCUT2D eigenvalue weighted by atomic mass is 35.5. The molecule has 1 heterocycles. The Morgan fingerprint density at radius 2 is 1.45 bits per heavy atom. The number of Topliss-reactive ketones (excluding diaryl/α,β-unsaturated/α-hetero) is 2. The first-order valence-electron chi connectivity index (χ1n) is 14.4. The molecule has 0 bridgehead atoms. The van der Waals surface area contributed by atoms with Gasteiger partial charge in [-0.15, -0.1) is 0 Å². The van der Waals surface area contributed by atoms with E-state index < -0.39 is 16.8 Å².